The predicted octanol–water partition coefficient (Wildman–Crippen LogP) is 3.02. The molecule has 5 rings (SSSR count). The van der Waals surface area contributed by atoms with Gasteiger partial charge in [-0.15, -0.1) is 0 Å². The fraction of sp³-hybridized carbons (Fsp3) is 0.640. The van der Waals surface area contributed by atoms with Gasteiger partial charge in [0.15, 0.2) is 5.72 Å². The molecule has 0 amide bonds. The van der Waals surface area contributed by atoms with Crippen molar-refractivity contribution in [1.29, 1.82) is 0 Å². The Morgan fingerprint density at radius 1 is 1.29 bits per heavy atom. The summed E-state index contributed by atoms with van der Waals surface area (Å²) in [6, 6.07) is 2.77. The molecule has 0 radical (unpaired) electrons. The number of esters is 1. The monoisotopic (exact) mass is 476 g/mol. The molecule has 4 aliphatic heterocycles. The third kappa shape index (κ3) is 3.17. The number of carbonyl (C=O) groups is 1. The van der Waals surface area contributed by atoms with Crippen LogP contribution in [0.25, 0.3) is 0 Å². The van der Waals surface area contributed by atoms with Gasteiger partial charge in [-0.3, -0.25) is 4.90 Å². The summed E-state index contributed by atoms with van der Waals surface area (Å²) in [7, 11) is 4.48. The zero-order valence-electron chi connectivity index (χ0n) is 20.2. The smallest absolute Gasteiger partial charge is 0.337 e. The highest BCUT2D eigenvalue weighted by molar-refractivity contribution is 5.88. The Kier molecular flexibility index (Phi) is 5.98. The fourth-order valence-corrected chi connectivity index (χ4v) is 6.76. The van der Waals surface area contributed by atoms with Crippen LogP contribution in [0.3, 0.4) is 0 Å². The van der Waals surface area contributed by atoms with Crippen molar-refractivity contribution < 1.29 is 32.9 Å². The number of halogens is 1. The SMILES string of the molecule is CC[C@@H]1CN2CC[C@@]34OCCO[C@@]3(Nc3cc(F)cc(OC)c34)[C@@H]2C[C@@H]1/C(=C\OC)C(=O)OC. The van der Waals surface area contributed by atoms with E-state index in [-0.39, 0.29) is 29.7 Å². The summed E-state index contributed by atoms with van der Waals surface area (Å²) in [5.41, 5.74) is 0.222. The number of ether oxygens (including phenoxy) is 5. The van der Waals surface area contributed by atoms with Crippen molar-refractivity contribution in [2.75, 3.05) is 52.9 Å². The number of hydrogen-bond acceptors (Lipinski definition) is 8. The van der Waals surface area contributed by atoms with Crippen molar-refractivity contribution in [2.24, 2.45) is 11.8 Å². The molecule has 1 N–H and O–H groups in total. The van der Waals surface area contributed by atoms with Crippen LogP contribution in [-0.2, 0) is 29.3 Å². The van der Waals surface area contributed by atoms with Crippen molar-refractivity contribution in [3.63, 3.8) is 0 Å². The summed E-state index contributed by atoms with van der Waals surface area (Å²) in [6.07, 6.45) is 3.74. The highest BCUT2D eigenvalue weighted by atomic mass is 19.1. The van der Waals surface area contributed by atoms with E-state index in [0.717, 1.165) is 25.1 Å². The van der Waals surface area contributed by atoms with E-state index in [2.05, 4.69) is 17.1 Å². The van der Waals surface area contributed by atoms with Crippen LogP contribution in [0.1, 0.15) is 31.7 Å². The van der Waals surface area contributed by atoms with Crippen LogP contribution in [0, 0.1) is 17.7 Å². The van der Waals surface area contributed by atoms with Gasteiger partial charge in [0, 0.05) is 24.8 Å². The molecule has 0 aromatic heterocycles. The van der Waals surface area contributed by atoms with E-state index >= 15 is 0 Å². The van der Waals surface area contributed by atoms with Crippen LogP contribution in [-0.4, -0.2) is 70.3 Å². The molecule has 4 aliphatic rings. The Labute approximate surface area is 199 Å². The molecule has 0 bridgehead atoms. The average molecular weight is 477 g/mol. The van der Waals surface area contributed by atoms with Crippen molar-refractivity contribution in [3.05, 3.63) is 35.3 Å². The number of methoxy groups -OCH3 is 3. The molecule has 1 aromatic rings. The number of fused-ring (bicyclic) bond motifs is 2. The lowest BCUT2D eigenvalue weighted by atomic mass is 9.67. The largest absolute Gasteiger partial charge is 0.504 e. The molecule has 0 aliphatic carbocycles. The first-order valence-corrected chi connectivity index (χ1v) is 11.9. The molecule has 186 valence electrons. The lowest BCUT2D eigenvalue weighted by Crippen LogP contribution is -2.75. The number of nitrogens with one attached hydrogen (secondary N) is 1. The molecule has 34 heavy (non-hydrogen) atoms. The number of nitrogens with zero attached hydrogens (tertiary/aromatic N) is 1. The third-order valence-electron chi connectivity index (χ3n) is 8.14. The molecule has 9 heteroatoms. The van der Waals surface area contributed by atoms with E-state index in [1.165, 1.54) is 32.6 Å². The topological polar surface area (TPSA) is 78.5 Å². The fourth-order valence-electron chi connectivity index (χ4n) is 6.76. The normalized spacial score (nSPS) is 34.7. The molecule has 3 saturated heterocycles. The van der Waals surface area contributed by atoms with Crippen molar-refractivity contribution in [2.45, 2.75) is 43.6 Å². The zero-order valence-corrected chi connectivity index (χ0v) is 20.2. The molecular weight excluding hydrogens is 443 g/mol. The highest BCUT2D eigenvalue weighted by Gasteiger charge is 2.70. The summed E-state index contributed by atoms with van der Waals surface area (Å²) in [4.78, 5) is 15.1. The maximum Gasteiger partial charge on any atom is 0.337 e. The second-order valence-electron chi connectivity index (χ2n) is 9.49. The van der Waals surface area contributed by atoms with E-state index < -0.39 is 11.3 Å². The molecule has 5 atom stereocenters. The number of anilines is 1. The van der Waals surface area contributed by atoms with Gasteiger partial charge in [-0.05, 0) is 30.7 Å². The Morgan fingerprint density at radius 2 is 2.09 bits per heavy atom. The van der Waals surface area contributed by atoms with Gasteiger partial charge in [0.2, 0.25) is 0 Å². The van der Waals surface area contributed by atoms with Crippen LogP contribution in [0.5, 0.6) is 5.75 Å². The quantitative estimate of drug-likeness (QED) is 0.395. The number of carbonyl (C=O) groups excluding carboxylic acids is 1. The van der Waals surface area contributed by atoms with Crippen LogP contribution in [0.4, 0.5) is 10.1 Å². The minimum Gasteiger partial charge on any atom is -0.504 e. The van der Waals surface area contributed by atoms with Crippen molar-refractivity contribution in [1.82, 2.24) is 4.90 Å². The molecule has 3 fully saturated rings. The highest BCUT2D eigenvalue weighted by Crippen LogP contribution is 2.61. The van der Waals surface area contributed by atoms with Gasteiger partial charge >= 0.3 is 5.97 Å². The Hall–Kier alpha value is -2.36. The van der Waals surface area contributed by atoms with E-state index in [4.69, 9.17) is 23.7 Å². The summed E-state index contributed by atoms with van der Waals surface area (Å²) < 4.78 is 43.6. The van der Waals surface area contributed by atoms with E-state index in [0.29, 0.717) is 43.1 Å². The van der Waals surface area contributed by atoms with Crippen LogP contribution >= 0.6 is 0 Å². The van der Waals surface area contributed by atoms with E-state index in [9.17, 15) is 9.18 Å². The standard InChI is InChI=1S/C25H33FN2O6/c1-5-15-13-28-7-6-24-22-19(10-16(26)11-20(22)31-3)27-25(24,34-9-8-33-24)21(28)12-17(15)18(14-30-2)23(29)32-4/h10-11,14-15,17,21,27H,5-9,12-13H2,1-4H3/b18-14+/t15-,17+,21+,24+,25+/m1/s1. The van der Waals surface area contributed by atoms with Gasteiger partial charge in [-0.2, -0.15) is 0 Å². The predicted molar refractivity (Wildman–Crippen MR) is 122 cm³/mol. The van der Waals surface area contributed by atoms with Gasteiger partial charge in [0.05, 0.1) is 58.0 Å². The Balaban J connectivity index is 1.61. The molecule has 8 nitrogen and oxygen atoms in total. The van der Waals surface area contributed by atoms with Gasteiger partial charge in [0.1, 0.15) is 17.2 Å². The van der Waals surface area contributed by atoms with Crippen molar-refractivity contribution in [3.8, 4) is 5.75 Å². The summed E-state index contributed by atoms with van der Waals surface area (Å²) in [6.45, 7) is 4.59. The Morgan fingerprint density at radius 3 is 2.79 bits per heavy atom. The number of rotatable bonds is 5. The first kappa shape index (κ1) is 23.4. The van der Waals surface area contributed by atoms with Crippen LogP contribution in [0.15, 0.2) is 24.0 Å². The molecule has 0 spiro atoms. The first-order chi connectivity index (χ1) is 16.4. The minimum atomic E-state index is -0.932. The maximum absolute atomic E-state index is 14.5. The molecule has 1 aromatic carbocycles. The molecule has 4 heterocycles. The van der Waals surface area contributed by atoms with Gasteiger partial charge in [-0.1, -0.05) is 13.3 Å². The van der Waals surface area contributed by atoms with Crippen LogP contribution < -0.4 is 10.1 Å². The second-order valence-corrected chi connectivity index (χ2v) is 9.49. The molecule has 0 saturated carbocycles. The van der Waals surface area contributed by atoms with Crippen LogP contribution in [0.2, 0.25) is 0 Å². The van der Waals surface area contributed by atoms with E-state index in [1.807, 2.05) is 0 Å². The van der Waals surface area contributed by atoms with Gasteiger partial charge in [-0.25, -0.2) is 9.18 Å². The van der Waals surface area contributed by atoms with Gasteiger partial charge < -0.3 is 29.0 Å². The first-order valence-electron chi connectivity index (χ1n) is 11.9. The third-order valence-corrected chi connectivity index (χ3v) is 8.14. The summed E-state index contributed by atoms with van der Waals surface area (Å²) in [5, 5.41) is 3.55. The lowest BCUT2D eigenvalue weighted by Gasteiger charge is -2.61. The number of benzene rings is 1. The number of piperidine rings is 2. The second kappa shape index (κ2) is 8.70. The van der Waals surface area contributed by atoms with Gasteiger partial charge in [0.25, 0.3) is 0 Å². The molecular formula is C25H33FN2O6. The number of hydrogen-bond donors (Lipinski definition) is 1. The minimum absolute atomic E-state index is 0.0847. The summed E-state index contributed by atoms with van der Waals surface area (Å²) >= 11 is 0. The zero-order chi connectivity index (χ0) is 24.1. The van der Waals surface area contributed by atoms with E-state index in [1.54, 1.807) is 7.11 Å². The summed E-state index contributed by atoms with van der Waals surface area (Å²) in [5.74, 6) is -0.145. The average Bonchev–Trinajstić information content (AvgIpc) is 3.16. The van der Waals surface area contributed by atoms with Crippen molar-refractivity contribution >= 4 is 11.7 Å². The maximum atomic E-state index is 14.5. The Bertz CT molecular complexity index is 1000. The lowest BCUT2D eigenvalue weighted by molar-refractivity contribution is -0.297. The molecule has 0 unspecified atom stereocenters.